The molecule has 166 valence electrons. The molecule has 1 fully saturated rings. The Labute approximate surface area is 191 Å². The van der Waals surface area contributed by atoms with Gasteiger partial charge in [-0.05, 0) is 56.1 Å². The van der Waals surface area contributed by atoms with Crippen molar-refractivity contribution < 1.29 is 14.4 Å². The van der Waals surface area contributed by atoms with Crippen molar-refractivity contribution in [3.8, 4) is 6.07 Å². The SMILES string of the molecule is C[C@H]1CCc2c(sc(NC(=O)CN3C(=O)N[C@@](C)(CCc4ccccc4)C3=O)c2C#N)C1. The molecule has 32 heavy (non-hydrogen) atoms. The predicted octanol–water partition coefficient (Wildman–Crippen LogP) is 3.63. The molecule has 0 unspecified atom stereocenters. The van der Waals surface area contributed by atoms with Gasteiger partial charge < -0.3 is 10.6 Å². The van der Waals surface area contributed by atoms with Crippen LogP contribution in [0.1, 0.15) is 48.3 Å². The molecule has 1 aromatic carbocycles. The third-order valence-corrected chi connectivity index (χ3v) is 7.45. The molecule has 2 N–H and O–H groups in total. The fraction of sp³-hybridized carbons (Fsp3) is 0.417. The van der Waals surface area contributed by atoms with E-state index < -0.39 is 23.4 Å². The van der Waals surface area contributed by atoms with E-state index in [0.717, 1.165) is 40.2 Å². The number of carbonyl (C=O) groups is 3. The van der Waals surface area contributed by atoms with Gasteiger partial charge in [0.25, 0.3) is 5.91 Å². The van der Waals surface area contributed by atoms with Crippen molar-refractivity contribution in [1.82, 2.24) is 10.2 Å². The topological polar surface area (TPSA) is 102 Å². The van der Waals surface area contributed by atoms with Crippen LogP contribution in [0.3, 0.4) is 0 Å². The van der Waals surface area contributed by atoms with Gasteiger partial charge >= 0.3 is 6.03 Å². The number of thiophene rings is 1. The number of rotatable bonds is 6. The zero-order chi connectivity index (χ0) is 22.9. The Kier molecular flexibility index (Phi) is 6.02. The molecule has 1 aliphatic heterocycles. The van der Waals surface area contributed by atoms with Gasteiger partial charge in [-0.1, -0.05) is 37.3 Å². The second-order valence-electron chi connectivity index (χ2n) is 8.86. The Hall–Kier alpha value is -3.18. The number of aryl methyl sites for hydroxylation is 1. The molecule has 0 saturated carbocycles. The Morgan fingerprint density at radius 2 is 2.09 bits per heavy atom. The zero-order valence-electron chi connectivity index (χ0n) is 18.2. The summed E-state index contributed by atoms with van der Waals surface area (Å²) < 4.78 is 0. The average molecular weight is 451 g/mol. The van der Waals surface area contributed by atoms with Crippen molar-refractivity contribution in [3.05, 3.63) is 51.9 Å². The summed E-state index contributed by atoms with van der Waals surface area (Å²) in [5.41, 5.74) is 1.56. The lowest BCUT2D eigenvalue weighted by Crippen LogP contribution is -2.45. The van der Waals surface area contributed by atoms with Crippen LogP contribution < -0.4 is 10.6 Å². The van der Waals surface area contributed by atoms with Crippen LogP contribution in [0, 0.1) is 17.2 Å². The lowest BCUT2D eigenvalue weighted by molar-refractivity contribution is -0.133. The van der Waals surface area contributed by atoms with Crippen LogP contribution >= 0.6 is 11.3 Å². The number of hydrogen-bond acceptors (Lipinski definition) is 5. The normalized spacial score (nSPS) is 22.3. The molecule has 4 rings (SSSR count). The molecule has 2 atom stereocenters. The minimum atomic E-state index is -1.05. The van der Waals surface area contributed by atoms with Gasteiger partial charge in [-0.2, -0.15) is 5.26 Å². The second kappa shape index (κ2) is 8.75. The van der Waals surface area contributed by atoms with Crippen molar-refractivity contribution in [2.75, 3.05) is 11.9 Å². The van der Waals surface area contributed by atoms with Crippen molar-refractivity contribution >= 4 is 34.2 Å². The molecule has 4 amide bonds. The van der Waals surface area contributed by atoms with Crippen LogP contribution in [-0.4, -0.2) is 34.8 Å². The lowest BCUT2D eigenvalue weighted by atomic mass is 9.89. The maximum absolute atomic E-state index is 13.0. The van der Waals surface area contributed by atoms with Crippen molar-refractivity contribution in [3.63, 3.8) is 0 Å². The van der Waals surface area contributed by atoms with E-state index in [9.17, 15) is 19.6 Å². The number of anilines is 1. The molecule has 1 aromatic heterocycles. The minimum absolute atomic E-state index is 0.380. The van der Waals surface area contributed by atoms with E-state index in [1.165, 1.54) is 11.3 Å². The van der Waals surface area contributed by atoms with Crippen molar-refractivity contribution in [1.29, 1.82) is 5.26 Å². The molecule has 2 heterocycles. The number of nitrogens with one attached hydrogen (secondary N) is 2. The van der Waals surface area contributed by atoms with Crippen LogP contribution in [0.25, 0.3) is 0 Å². The molecular formula is C24H26N4O3S. The first-order valence-electron chi connectivity index (χ1n) is 10.8. The first-order chi connectivity index (χ1) is 15.3. The molecule has 0 bridgehead atoms. The second-order valence-corrected chi connectivity index (χ2v) is 9.96. The number of nitriles is 1. The number of nitrogens with zero attached hydrogens (tertiary/aromatic N) is 2. The molecule has 2 aliphatic rings. The van der Waals surface area contributed by atoms with E-state index in [4.69, 9.17) is 0 Å². The number of urea groups is 1. The lowest BCUT2D eigenvalue weighted by Gasteiger charge is -2.21. The molecule has 2 aromatic rings. The molecule has 8 heteroatoms. The van der Waals surface area contributed by atoms with Gasteiger partial charge in [-0.25, -0.2) is 4.79 Å². The Balaban J connectivity index is 1.42. The van der Waals surface area contributed by atoms with Gasteiger partial charge in [-0.3, -0.25) is 14.5 Å². The highest BCUT2D eigenvalue weighted by Gasteiger charge is 2.47. The largest absolute Gasteiger partial charge is 0.325 e. The van der Waals surface area contributed by atoms with Crippen LogP contribution in [0.2, 0.25) is 0 Å². The minimum Gasteiger partial charge on any atom is -0.323 e. The highest BCUT2D eigenvalue weighted by atomic mass is 32.1. The quantitative estimate of drug-likeness (QED) is 0.656. The number of amides is 4. The van der Waals surface area contributed by atoms with Crippen molar-refractivity contribution in [2.24, 2.45) is 5.92 Å². The fourth-order valence-corrected chi connectivity index (χ4v) is 5.74. The smallest absolute Gasteiger partial charge is 0.323 e. The van der Waals surface area contributed by atoms with Gasteiger partial charge in [0.1, 0.15) is 23.2 Å². The molecule has 0 spiro atoms. The fourth-order valence-electron chi connectivity index (χ4n) is 4.37. The van der Waals surface area contributed by atoms with Gasteiger partial charge in [0.2, 0.25) is 5.91 Å². The average Bonchev–Trinajstić information content (AvgIpc) is 3.21. The Morgan fingerprint density at radius 3 is 2.81 bits per heavy atom. The number of hydrogen-bond donors (Lipinski definition) is 2. The third kappa shape index (κ3) is 4.26. The van der Waals surface area contributed by atoms with E-state index >= 15 is 0 Å². The summed E-state index contributed by atoms with van der Waals surface area (Å²) in [6, 6.07) is 11.4. The highest BCUT2D eigenvalue weighted by molar-refractivity contribution is 7.16. The Bertz CT molecular complexity index is 1100. The van der Waals surface area contributed by atoms with Crippen LogP contribution in [0.15, 0.2) is 30.3 Å². The maximum atomic E-state index is 13.0. The summed E-state index contributed by atoms with van der Waals surface area (Å²) in [4.78, 5) is 40.3. The summed E-state index contributed by atoms with van der Waals surface area (Å²) >= 11 is 1.43. The van der Waals surface area contributed by atoms with Gasteiger partial charge in [0.05, 0.1) is 5.56 Å². The zero-order valence-corrected chi connectivity index (χ0v) is 19.1. The number of fused-ring (bicyclic) bond motifs is 1. The van der Waals surface area contributed by atoms with E-state index in [1.54, 1.807) is 6.92 Å². The van der Waals surface area contributed by atoms with E-state index in [1.807, 2.05) is 30.3 Å². The molecular weight excluding hydrogens is 424 g/mol. The molecule has 1 aliphatic carbocycles. The van der Waals surface area contributed by atoms with Gasteiger partial charge in [0, 0.05) is 4.88 Å². The summed E-state index contributed by atoms with van der Waals surface area (Å²) in [5, 5.41) is 15.6. The Morgan fingerprint density at radius 1 is 1.34 bits per heavy atom. The summed E-state index contributed by atoms with van der Waals surface area (Å²) in [7, 11) is 0. The van der Waals surface area contributed by atoms with Gasteiger partial charge in [-0.15, -0.1) is 11.3 Å². The van der Waals surface area contributed by atoms with E-state index in [2.05, 4.69) is 23.6 Å². The summed E-state index contributed by atoms with van der Waals surface area (Å²) in [6.07, 6.45) is 3.83. The molecule has 0 radical (unpaired) electrons. The van der Waals surface area contributed by atoms with Crippen LogP contribution in [0.5, 0.6) is 0 Å². The summed E-state index contributed by atoms with van der Waals surface area (Å²) in [6.45, 7) is 3.49. The standard InChI is InChI=1S/C24H26N4O3S/c1-15-8-9-17-18(13-25)21(32-19(17)12-15)26-20(29)14-28-22(30)24(2,27-23(28)31)11-10-16-6-4-3-5-7-16/h3-7,15H,8-12,14H2,1-2H3,(H,26,29)(H,27,31)/t15-,24-/m0/s1. The maximum Gasteiger partial charge on any atom is 0.325 e. The van der Waals surface area contributed by atoms with Crippen LogP contribution in [0.4, 0.5) is 9.80 Å². The molecule has 7 nitrogen and oxygen atoms in total. The first kappa shape index (κ1) is 22.0. The van der Waals surface area contributed by atoms with Crippen molar-refractivity contribution in [2.45, 2.75) is 51.5 Å². The highest BCUT2D eigenvalue weighted by Crippen LogP contribution is 2.39. The monoisotopic (exact) mass is 450 g/mol. The third-order valence-electron chi connectivity index (χ3n) is 6.28. The molecule has 1 saturated heterocycles. The van der Waals surface area contributed by atoms with Gasteiger partial charge in [0.15, 0.2) is 0 Å². The predicted molar refractivity (Wildman–Crippen MR) is 122 cm³/mol. The van der Waals surface area contributed by atoms with E-state index in [-0.39, 0.29) is 6.54 Å². The summed E-state index contributed by atoms with van der Waals surface area (Å²) in [5.74, 6) is -0.340. The number of imide groups is 1. The number of benzene rings is 1. The van der Waals surface area contributed by atoms with Crippen LogP contribution in [-0.2, 0) is 28.9 Å². The first-order valence-corrected chi connectivity index (χ1v) is 11.6. The van der Waals surface area contributed by atoms with E-state index in [0.29, 0.717) is 29.3 Å². The number of carbonyl (C=O) groups excluding carboxylic acids is 3.